The first-order chi connectivity index (χ1) is 8.98. The fourth-order valence-corrected chi connectivity index (χ4v) is 3.08. The quantitative estimate of drug-likeness (QED) is 0.832. The summed E-state index contributed by atoms with van der Waals surface area (Å²) in [7, 11) is 0. The molecule has 2 unspecified atom stereocenters. The van der Waals surface area contributed by atoms with E-state index in [1.165, 1.54) is 0 Å². The van der Waals surface area contributed by atoms with E-state index in [0.717, 1.165) is 27.6 Å². The summed E-state index contributed by atoms with van der Waals surface area (Å²) >= 11 is 9.68. The van der Waals surface area contributed by atoms with Gasteiger partial charge in [0.1, 0.15) is 5.52 Å². The van der Waals surface area contributed by atoms with Gasteiger partial charge in [0.25, 0.3) is 0 Å². The molecule has 0 radical (unpaired) electrons. The van der Waals surface area contributed by atoms with Crippen LogP contribution in [0.15, 0.2) is 29.0 Å². The molecule has 1 saturated carbocycles. The van der Waals surface area contributed by atoms with Crippen LogP contribution in [0, 0.1) is 5.41 Å². The first-order valence-corrected chi connectivity index (χ1v) is 7.52. The molecule has 0 aliphatic heterocycles. The highest BCUT2D eigenvalue weighted by Crippen LogP contribution is 2.46. The minimum absolute atomic E-state index is 0.104. The fourth-order valence-electron chi connectivity index (χ4n) is 2.43. The lowest BCUT2D eigenvalue weighted by Crippen LogP contribution is -2.54. The summed E-state index contributed by atoms with van der Waals surface area (Å²) in [6, 6.07) is 4.33. The van der Waals surface area contributed by atoms with E-state index in [-0.39, 0.29) is 10.8 Å². The van der Waals surface area contributed by atoms with Crippen molar-refractivity contribution in [1.82, 2.24) is 9.97 Å². The van der Waals surface area contributed by atoms with Gasteiger partial charge in [-0.05, 0) is 34.5 Å². The highest BCUT2D eigenvalue weighted by atomic mass is 79.9. The highest BCUT2D eigenvalue weighted by Gasteiger charge is 2.47. The minimum atomic E-state index is 0.104. The maximum Gasteiger partial charge on any atom is 0.112 e. The van der Waals surface area contributed by atoms with Gasteiger partial charge in [-0.15, -0.1) is 11.6 Å². The van der Waals surface area contributed by atoms with Crippen LogP contribution >= 0.6 is 27.5 Å². The van der Waals surface area contributed by atoms with Gasteiger partial charge in [0.2, 0.25) is 0 Å². The molecule has 1 aliphatic rings. The Morgan fingerprint density at radius 3 is 2.89 bits per heavy atom. The van der Waals surface area contributed by atoms with E-state index in [1.54, 1.807) is 6.20 Å². The van der Waals surface area contributed by atoms with Gasteiger partial charge < -0.3 is 5.32 Å². The van der Waals surface area contributed by atoms with Crippen molar-refractivity contribution in [3.8, 4) is 0 Å². The number of nitrogens with one attached hydrogen (secondary N) is 1. The fraction of sp³-hybridized carbons (Fsp3) is 0.429. The van der Waals surface area contributed by atoms with Crippen molar-refractivity contribution in [2.24, 2.45) is 5.41 Å². The Labute approximate surface area is 125 Å². The van der Waals surface area contributed by atoms with Gasteiger partial charge in [-0.25, -0.2) is 0 Å². The third-order valence-corrected chi connectivity index (χ3v) is 5.20. The second-order valence-electron chi connectivity index (χ2n) is 5.60. The lowest BCUT2D eigenvalue weighted by Gasteiger charge is -2.49. The number of halogens is 2. The van der Waals surface area contributed by atoms with Crippen molar-refractivity contribution in [3.63, 3.8) is 0 Å². The summed E-state index contributed by atoms with van der Waals surface area (Å²) in [5.74, 6) is 0. The van der Waals surface area contributed by atoms with E-state index in [1.807, 2.05) is 18.3 Å². The Hall–Kier alpha value is -0.870. The number of pyridine rings is 2. The predicted molar refractivity (Wildman–Crippen MR) is 82.7 cm³/mol. The van der Waals surface area contributed by atoms with Crippen LogP contribution < -0.4 is 5.32 Å². The van der Waals surface area contributed by atoms with Crippen molar-refractivity contribution in [3.05, 3.63) is 29.0 Å². The van der Waals surface area contributed by atoms with Crippen molar-refractivity contribution < 1.29 is 0 Å². The molecule has 5 heteroatoms. The van der Waals surface area contributed by atoms with Crippen LogP contribution in [-0.2, 0) is 0 Å². The SMILES string of the molecule is CC1(C)C(Cl)CC1Nc1ccnc2cc(Br)cnc12. The molecule has 0 bridgehead atoms. The molecule has 19 heavy (non-hydrogen) atoms. The molecule has 100 valence electrons. The van der Waals surface area contributed by atoms with E-state index in [0.29, 0.717) is 6.04 Å². The van der Waals surface area contributed by atoms with Crippen LogP contribution in [-0.4, -0.2) is 21.4 Å². The number of rotatable bonds is 2. The van der Waals surface area contributed by atoms with Crippen LogP contribution in [0.4, 0.5) is 5.69 Å². The first kappa shape index (κ1) is 13.1. The molecule has 0 aromatic carbocycles. The average molecular weight is 341 g/mol. The van der Waals surface area contributed by atoms with E-state index in [2.05, 4.69) is 45.1 Å². The number of hydrogen-bond acceptors (Lipinski definition) is 3. The summed E-state index contributed by atoms with van der Waals surface area (Å²) in [5.41, 5.74) is 2.92. The van der Waals surface area contributed by atoms with Crippen molar-refractivity contribution in [2.75, 3.05) is 5.32 Å². The summed E-state index contributed by atoms with van der Waals surface area (Å²) in [5, 5.41) is 3.80. The van der Waals surface area contributed by atoms with Crippen molar-refractivity contribution in [2.45, 2.75) is 31.7 Å². The number of anilines is 1. The van der Waals surface area contributed by atoms with Crippen molar-refractivity contribution in [1.29, 1.82) is 0 Å². The topological polar surface area (TPSA) is 37.8 Å². The normalized spacial score (nSPS) is 25.1. The van der Waals surface area contributed by atoms with Gasteiger partial charge >= 0.3 is 0 Å². The smallest absolute Gasteiger partial charge is 0.112 e. The molecule has 2 atom stereocenters. The molecular weight excluding hydrogens is 326 g/mol. The van der Waals surface area contributed by atoms with Gasteiger partial charge in [-0.3, -0.25) is 9.97 Å². The number of aromatic nitrogens is 2. The zero-order valence-corrected chi connectivity index (χ0v) is 13.2. The third-order valence-electron chi connectivity index (χ3n) is 4.02. The van der Waals surface area contributed by atoms with Gasteiger partial charge in [0.15, 0.2) is 0 Å². The standard InChI is InChI=1S/C14H15BrClN3/c1-14(2)11(16)6-12(14)19-9-3-4-17-10-5-8(15)7-18-13(9)10/h3-5,7,11-12H,6H2,1-2H3,(H,17,19). The van der Waals surface area contributed by atoms with E-state index < -0.39 is 0 Å². The molecule has 0 spiro atoms. The Bertz CT molecular complexity index is 629. The summed E-state index contributed by atoms with van der Waals surface area (Å²) < 4.78 is 0.939. The lowest BCUT2D eigenvalue weighted by atomic mass is 9.66. The highest BCUT2D eigenvalue weighted by molar-refractivity contribution is 9.10. The lowest BCUT2D eigenvalue weighted by molar-refractivity contribution is 0.168. The van der Waals surface area contributed by atoms with Crippen LogP contribution in [0.3, 0.4) is 0 Å². The number of fused-ring (bicyclic) bond motifs is 1. The Morgan fingerprint density at radius 2 is 2.21 bits per heavy atom. The molecule has 1 aliphatic carbocycles. The summed E-state index contributed by atoms with van der Waals surface area (Å²) in [6.45, 7) is 4.39. The first-order valence-electron chi connectivity index (χ1n) is 6.29. The largest absolute Gasteiger partial charge is 0.380 e. The van der Waals surface area contributed by atoms with Crippen LogP contribution in [0.2, 0.25) is 0 Å². The average Bonchev–Trinajstić information content (AvgIpc) is 2.38. The molecule has 3 rings (SSSR count). The van der Waals surface area contributed by atoms with Gasteiger partial charge in [0, 0.05) is 33.7 Å². The maximum absolute atomic E-state index is 6.27. The minimum Gasteiger partial charge on any atom is -0.380 e. The molecular formula is C14H15BrClN3. The molecule has 2 aromatic heterocycles. The molecule has 0 saturated heterocycles. The van der Waals surface area contributed by atoms with Gasteiger partial charge in [0.05, 0.1) is 11.2 Å². The molecule has 1 N–H and O–H groups in total. The molecule has 1 fully saturated rings. The van der Waals surface area contributed by atoms with Crippen LogP contribution in [0.1, 0.15) is 20.3 Å². The van der Waals surface area contributed by atoms with Gasteiger partial charge in [-0.2, -0.15) is 0 Å². The second-order valence-corrected chi connectivity index (χ2v) is 7.04. The molecule has 2 aromatic rings. The molecule has 2 heterocycles. The van der Waals surface area contributed by atoms with E-state index in [4.69, 9.17) is 11.6 Å². The number of hydrogen-bond donors (Lipinski definition) is 1. The zero-order valence-electron chi connectivity index (χ0n) is 10.8. The Kier molecular flexibility index (Phi) is 3.18. The predicted octanol–water partition coefficient (Wildman–Crippen LogP) is 4.21. The van der Waals surface area contributed by atoms with E-state index >= 15 is 0 Å². The van der Waals surface area contributed by atoms with Crippen LogP contribution in [0.5, 0.6) is 0 Å². The maximum atomic E-state index is 6.27. The third kappa shape index (κ3) is 2.21. The molecule has 0 amide bonds. The van der Waals surface area contributed by atoms with Crippen molar-refractivity contribution >= 4 is 44.3 Å². The van der Waals surface area contributed by atoms with Gasteiger partial charge in [-0.1, -0.05) is 13.8 Å². The second kappa shape index (κ2) is 4.60. The monoisotopic (exact) mass is 339 g/mol. The molecule has 3 nitrogen and oxygen atoms in total. The summed E-state index contributed by atoms with van der Waals surface area (Å²) in [4.78, 5) is 8.80. The zero-order chi connectivity index (χ0) is 13.6. The number of nitrogens with zero attached hydrogens (tertiary/aromatic N) is 2. The summed E-state index contributed by atoms with van der Waals surface area (Å²) in [6.07, 6.45) is 4.59. The Morgan fingerprint density at radius 1 is 1.42 bits per heavy atom. The van der Waals surface area contributed by atoms with E-state index in [9.17, 15) is 0 Å². The Balaban J connectivity index is 1.94. The number of alkyl halides is 1. The van der Waals surface area contributed by atoms with Crippen LogP contribution in [0.25, 0.3) is 11.0 Å².